The summed E-state index contributed by atoms with van der Waals surface area (Å²) in [5, 5.41) is 7.57. The average molecular weight is 432 g/mol. The van der Waals surface area contributed by atoms with E-state index in [2.05, 4.69) is 27.5 Å². The van der Waals surface area contributed by atoms with E-state index in [1.807, 2.05) is 30.5 Å². The van der Waals surface area contributed by atoms with E-state index in [0.717, 1.165) is 22.3 Å². The molecule has 0 aliphatic heterocycles. The molecule has 5 nitrogen and oxygen atoms in total. The molecule has 1 heterocycles. The number of methoxy groups -OCH3 is 1. The third kappa shape index (κ3) is 5.45. The molecular weight excluding hydrogens is 411 g/mol. The maximum absolute atomic E-state index is 5.33. The maximum atomic E-state index is 5.33. The van der Waals surface area contributed by atoms with Crippen molar-refractivity contribution in [2.45, 2.75) is 20.0 Å². The van der Waals surface area contributed by atoms with Crippen molar-refractivity contribution in [2.75, 3.05) is 14.2 Å². The first-order valence-electron chi connectivity index (χ1n) is 6.70. The smallest absolute Gasteiger partial charge is 0.191 e. The molecule has 7 heteroatoms. The molecule has 0 radical (unpaired) electrons. The molecule has 2 N–H and O–H groups in total. The molecule has 22 heavy (non-hydrogen) atoms. The summed E-state index contributed by atoms with van der Waals surface area (Å²) in [6.07, 6.45) is 1.88. The van der Waals surface area contributed by atoms with Crippen molar-refractivity contribution < 1.29 is 4.74 Å². The quantitative estimate of drug-likeness (QED) is 0.434. The van der Waals surface area contributed by atoms with Crippen LogP contribution in [-0.4, -0.2) is 25.1 Å². The van der Waals surface area contributed by atoms with Crippen molar-refractivity contribution >= 4 is 41.3 Å². The fourth-order valence-corrected chi connectivity index (χ4v) is 2.62. The number of hydrogen-bond donors (Lipinski definition) is 2. The number of aliphatic imine (C=N–C) groups is 1. The molecular formula is C15H21IN4OS. The summed E-state index contributed by atoms with van der Waals surface area (Å²) < 4.78 is 5.33. The van der Waals surface area contributed by atoms with Gasteiger partial charge in [0.15, 0.2) is 5.96 Å². The number of nitrogens with one attached hydrogen (secondary N) is 2. The van der Waals surface area contributed by atoms with Crippen molar-refractivity contribution in [3.63, 3.8) is 0 Å². The van der Waals surface area contributed by atoms with Crippen LogP contribution in [0.25, 0.3) is 0 Å². The summed E-state index contributed by atoms with van der Waals surface area (Å²) in [5.74, 6) is 1.62. The Morgan fingerprint density at radius 2 is 2.00 bits per heavy atom. The van der Waals surface area contributed by atoms with Gasteiger partial charge in [0.1, 0.15) is 10.8 Å². The number of halogens is 1. The van der Waals surface area contributed by atoms with Crippen LogP contribution in [0, 0.1) is 6.92 Å². The van der Waals surface area contributed by atoms with Gasteiger partial charge in [-0.3, -0.25) is 4.99 Å². The Morgan fingerprint density at radius 3 is 2.64 bits per heavy atom. The second-order valence-electron chi connectivity index (χ2n) is 4.46. The molecule has 0 aliphatic carbocycles. The van der Waals surface area contributed by atoms with Gasteiger partial charge in [-0.05, 0) is 13.0 Å². The van der Waals surface area contributed by atoms with Gasteiger partial charge in [0, 0.05) is 30.2 Å². The van der Waals surface area contributed by atoms with Crippen LogP contribution in [-0.2, 0) is 13.1 Å². The Bertz CT molecular complexity index is 615. The molecule has 0 spiro atoms. The largest absolute Gasteiger partial charge is 0.496 e. The topological polar surface area (TPSA) is 58.5 Å². The number of nitrogens with zero attached hydrogens (tertiary/aromatic N) is 2. The molecule has 0 saturated heterocycles. The lowest BCUT2D eigenvalue weighted by Crippen LogP contribution is -2.36. The summed E-state index contributed by atoms with van der Waals surface area (Å²) in [4.78, 5) is 9.74. The number of aromatic nitrogens is 1. The molecule has 1 aromatic carbocycles. The predicted octanol–water partition coefficient (Wildman–Crippen LogP) is 2.94. The molecule has 2 aromatic rings. The zero-order chi connectivity index (χ0) is 15.1. The van der Waals surface area contributed by atoms with E-state index in [0.29, 0.717) is 13.1 Å². The standard InChI is InChI=1S/C15H20N4OS.HI/c1-11-8-17-14(21-11)10-19-15(16-2)18-9-12-6-4-5-7-13(12)20-3;/h4-8H,9-10H2,1-3H3,(H2,16,18,19);1H. The number of ether oxygens (including phenoxy) is 1. The van der Waals surface area contributed by atoms with Crippen LogP contribution in [0.15, 0.2) is 35.5 Å². The van der Waals surface area contributed by atoms with E-state index in [9.17, 15) is 0 Å². The number of aryl methyl sites for hydroxylation is 1. The van der Waals surface area contributed by atoms with Crippen molar-refractivity contribution in [1.82, 2.24) is 15.6 Å². The highest BCUT2D eigenvalue weighted by molar-refractivity contribution is 14.0. The van der Waals surface area contributed by atoms with Crippen LogP contribution in [0.4, 0.5) is 0 Å². The van der Waals surface area contributed by atoms with Gasteiger partial charge in [-0.15, -0.1) is 35.3 Å². The van der Waals surface area contributed by atoms with Gasteiger partial charge in [0.2, 0.25) is 0 Å². The van der Waals surface area contributed by atoms with Crippen LogP contribution in [0.5, 0.6) is 5.75 Å². The van der Waals surface area contributed by atoms with Crippen LogP contribution in [0.2, 0.25) is 0 Å². The maximum Gasteiger partial charge on any atom is 0.191 e. The summed E-state index contributed by atoms with van der Waals surface area (Å²) in [7, 11) is 3.43. The molecule has 1 aromatic heterocycles. The molecule has 0 atom stereocenters. The monoisotopic (exact) mass is 432 g/mol. The van der Waals surface area contributed by atoms with Gasteiger partial charge >= 0.3 is 0 Å². The Hall–Kier alpha value is -1.35. The summed E-state index contributed by atoms with van der Waals surface area (Å²) in [5.41, 5.74) is 1.09. The third-order valence-electron chi connectivity index (χ3n) is 2.94. The van der Waals surface area contributed by atoms with Crippen molar-refractivity contribution in [3.05, 3.63) is 45.9 Å². The highest BCUT2D eigenvalue weighted by Crippen LogP contribution is 2.16. The van der Waals surface area contributed by atoms with Crippen molar-refractivity contribution in [1.29, 1.82) is 0 Å². The Balaban J connectivity index is 0.00000242. The van der Waals surface area contributed by atoms with Gasteiger partial charge in [0.05, 0.1) is 13.7 Å². The van der Waals surface area contributed by atoms with Crippen LogP contribution < -0.4 is 15.4 Å². The van der Waals surface area contributed by atoms with Gasteiger partial charge in [0.25, 0.3) is 0 Å². The molecule has 0 aliphatic rings. The summed E-state index contributed by atoms with van der Waals surface area (Å²) in [6, 6.07) is 7.93. The van der Waals surface area contributed by atoms with Crippen molar-refractivity contribution in [3.8, 4) is 5.75 Å². The first-order chi connectivity index (χ1) is 10.2. The fourth-order valence-electron chi connectivity index (χ4n) is 1.89. The lowest BCUT2D eigenvalue weighted by atomic mass is 10.2. The van der Waals surface area contributed by atoms with Crippen LogP contribution >= 0.6 is 35.3 Å². The molecule has 0 saturated carbocycles. The second-order valence-corrected chi connectivity index (χ2v) is 5.78. The van der Waals surface area contributed by atoms with Gasteiger partial charge in [-0.1, -0.05) is 18.2 Å². The Morgan fingerprint density at radius 1 is 1.27 bits per heavy atom. The Labute approximate surface area is 152 Å². The first-order valence-corrected chi connectivity index (χ1v) is 7.52. The van der Waals surface area contributed by atoms with Crippen LogP contribution in [0.3, 0.4) is 0 Å². The second kappa shape index (κ2) is 9.62. The molecule has 2 rings (SSSR count). The number of guanidine groups is 1. The summed E-state index contributed by atoms with van der Waals surface area (Å²) >= 11 is 1.68. The number of rotatable bonds is 5. The molecule has 0 amide bonds. The van der Waals surface area contributed by atoms with Gasteiger partial charge in [-0.25, -0.2) is 4.98 Å². The fraction of sp³-hybridized carbons (Fsp3) is 0.333. The highest BCUT2D eigenvalue weighted by atomic mass is 127. The van der Waals surface area contributed by atoms with E-state index in [1.165, 1.54) is 4.88 Å². The van der Waals surface area contributed by atoms with Gasteiger partial charge in [-0.2, -0.15) is 0 Å². The lowest BCUT2D eigenvalue weighted by Gasteiger charge is -2.13. The number of para-hydroxylation sites is 1. The lowest BCUT2D eigenvalue weighted by molar-refractivity contribution is 0.409. The molecule has 0 bridgehead atoms. The zero-order valence-electron chi connectivity index (χ0n) is 12.9. The average Bonchev–Trinajstić information content (AvgIpc) is 2.93. The molecule has 0 fully saturated rings. The zero-order valence-corrected chi connectivity index (χ0v) is 16.1. The predicted molar refractivity (Wildman–Crippen MR) is 102 cm³/mol. The molecule has 0 unspecified atom stereocenters. The summed E-state index contributed by atoms with van der Waals surface area (Å²) in [6.45, 7) is 3.38. The minimum Gasteiger partial charge on any atom is -0.496 e. The number of benzene rings is 1. The van der Waals surface area contributed by atoms with E-state index < -0.39 is 0 Å². The molecule has 120 valence electrons. The minimum absolute atomic E-state index is 0. The van der Waals surface area contributed by atoms with E-state index in [-0.39, 0.29) is 24.0 Å². The Kier molecular flexibility index (Phi) is 8.18. The normalized spacial score (nSPS) is 10.8. The highest BCUT2D eigenvalue weighted by Gasteiger charge is 2.04. The SMILES string of the molecule is CN=C(NCc1ncc(C)s1)NCc1ccccc1OC.I. The van der Waals surface area contributed by atoms with Gasteiger partial charge < -0.3 is 15.4 Å². The van der Waals surface area contributed by atoms with E-state index >= 15 is 0 Å². The van der Waals surface area contributed by atoms with Crippen LogP contribution in [0.1, 0.15) is 15.4 Å². The minimum atomic E-state index is 0. The first kappa shape index (κ1) is 18.7. The third-order valence-corrected chi connectivity index (χ3v) is 3.85. The number of thiazole rings is 1. The van der Waals surface area contributed by atoms with E-state index in [4.69, 9.17) is 4.74 Å². The van der Waals surface area contributed by atoms with E-state index in [1.54, 1.807) is 25.5 Å². The van der Waals surface area contributed by atoms with Crippen molar-refractivity contribution in [2.24, 2.45) is 4.99 Å². The number of hydrogen-bond acceptors (Lipinski definition) is 4.